The van der Waals surface area contributed by atoms with Crippen LogP contribution in [0.25, 0.3) is 0 Å². The smallest absolute Gasteiger partial charge is 0.229 e. The molecule has 1 fully saturated rings. The van der Waals surface area contributed by atoms with Crippen LogP contribution in [-0.4, -0.2) is 45.2 Å². The van der Waals surface area contributed by atoms with E-state index in [1.165, 1.54) is 4.31 Å². The molecule has 0 aromatic heterocycles. The Morgan fingerprint density at radius 1 is 1.09 bits per heavy atom. The van der Waals surface area contributed by atoms with Crippen molar-refractivity contribution < 1.29 is 16.8 Å². The SMILES string of the molecule is CC(C)CS(=O)(=O)C1CCN(S(=O)(=O)c2ccc(Br)cc2)CC1. The van der Waals surface area contributed by atoms with E-state index < -0.39 is 25.1 Å². The Balaban J connectivity index is 2.08. The maximum absolute atomic E-state index is 12.6. The van der Waals surface area contributed by atoms with Crippen molar-refractivity contribution in [2.75, 3.05) is 18.8 Å². The summed E-state index contributed by atoms with van der Waals surface area (Å²) in [6.07, 6.45) is 0.732. The van der Waals surface area contributed by atoms with Crippen LogP contribution >= 0.6 is 15.9 Å². The minimum absolute atomic E-state index is 0.0875. The van der Waals surface area contributed by atoms with Gasteiger partial charge in [-0.25, -0.2) is 16.8 Å². The molecule has 0 radical (unpaired) electrons. The van der Waals surface area contributed by atoms with E-state index in [1.807, 2.05) is 13.8 Å². The van der Waals surface area contributed by atoms with E-state index in [2.05, 4.69) is 15.9 Å². The van der Waals surface area contributed by atoms with Gasteiger partial charge in [0.1, 0.15) is 0 Å². The third kappa shape index (κ3) is 4.55. The molecule has 0 amide bonds. The number of rotatable bonds is 5. The summed E-state index contributed by atoms with van der Waals surface area (Å²) in [6.45, 7) is 4.26. The van der Waals surface area contributed by atoms with Gasteiger partial charge in [-0.3, -0.25) is 0 Å². The maximum Gasteiger partial charge on any atom is 0.243 e. The summed E-state index contributed by atoms with van der Waals surface area (Å²) < 4.78 is 52.0. The Labute approximate surface area is 147 Å². The van der Waals surface area contributed by atoms with Crippen LogP contribution in [0.1, 0.15) is 26.7 Å². The highest BCUT2D eigenvalue weighted by molar-refractivity contribution is 9.10. The van der Waals surface area contributed by atoms with Crippen molar-refractivity contribution in [2.24, 2.45) is 5.92 Å². The molecule has 1 aromatic rings. The summed E-state index contributed by atoms with van der Waals surface area (Å²) in [5.41, 5.74) is 0. The van der Waals surface area contributed by atoms with Gasteiger partial charge >= 0.3 is 0 Å². The Kier molecular flexibility index (Phi) is 5.92. The van der Waals surface area contributed by atoms with Gasteiger partial charge in [-0.15, -0.1) is 0 Å². The second-order valence-electron chi connectivity index (χ2n) is 6.28. The number of halogens is 1. The number of sulfone groups is 1. The molecule has 0 unspecified atom stereocenters. The monoisotopic (exact) mass is 423 g/mol. The van der Waals surface area contributed by atoms with Crippen molar-refractivity contribution in [3.8, 4) is 0 Å². The Morgan fingerprint density at radius 2 is 1.61 bits per heavy atom. The topological polar surface area (TPSA) is 71.5 Å². The van der Waals surface area contributed by atoms with Crippen LogP contribution < -0.4 is 0 Å². The third-order valence-electron chi connectivity index (χ3n) is 3.93. The van der Waals surface area contributed by atoms with Crippen LogP contribution in [0.3, 0.4) is 0 Å². The summed E-state index contributed by atoms with van der Waals surface area (Å²) in [5.74, 6) is 0.251. The maximum atomic E-state index is 12.6. The number of hydrogen-bond donors (Lipinski definition) is 0. The second kappa shape index (κ2) is 7.21. The first-order chi connectivity index (χ1) is 10.6. The van der Waals surface area contributed by atoms with E-state index in [-0.39, 0.29) is 29.7 Å². The predicted molar refractivity (Wildman–Crippen MR) is 94.5 cm³/mol. The first kappa shape index (κ1) is 18.9. The molecular formula is C15H22BrNO4S2. The lowest BCUT2D eigenvalue weighted by atomic mass is 10.2. The van der Waals surface area contributed by atoms with E-state index >= 15 is 0 Å². The predicted octanol–water partition coefficient (Wildman–Crippen LogP) is 2.67. The number of hydrogen-bond acceptors (Lipinski definition) is 4. The molecule has 23 heavy (non-hydrogen) atoms. The van der Waals surface area contributed by atoms with Gasteiger partial charge in [0.25, 0.3) is 0 Å². The Bertz CT molecular complexity index is 734. The average molecular weight is 424 g/mol. The first-order valence-corrected chi connectivity index (χ1v) is 11.5. The minimum Gasteiger partial charge on any atom is -0.229 e. The third-order valence-corrected chi connectivity index (χ3v) is 8.99. The van der Waals surface area contributed by atoms with Crippen LogP contribution in [-0.2, 0) is 19.9 Å². The zero-order valence-electron chi connectivity index (χ0n) is 13.3. The van der Waals surface area contributed by atoms with Crippen LogP contribution in [0, 0.1) is 5.92 Å². The van der Waals surface area contributed by atoms with E-state index in [0.29, 0.717) is 12.8 Å². The van der Waals surface area contributed by atoms with Crippen molar-refractivity contribution >= 4 is 35.8 Å². The van der Waals surface area contributed by atoms with Crippen LogP contribution in [0.5, 0.6) is 0 Å². The fourth-order valence-corrected chi connectivity index (χ4v) is 6.65. The summed E-state index contributed by atoms with van der Waals surface area (Å²) in [4.78, 5) is 0.240. The standard InChI is InChI=1S/C15H22BrNO4S2/c1-12(2)11-22(18,19)14-7-9-17(10-8-14)23(20,21)15-5-3-13(16)4-6-15/h3-6,12,14H,7-11H2,1-2H3. The number of piperidine rings is 1. The normalized spacial score (nSPS) is 18.4. The molecule has 2 rings (SSSR count). The van der Waals surface area contributed by atoms with Crippen molar-refractivity contribution in [3.63, 3.8) is 0 Å². The molecule has 0 aliphatic carbocycles. The van der Waals surface area contributed by atoms with Crippen molar-refractivity contribution in [1.82, 2.24) is 4.31 Å². The first-order valence-electron chi connectivity index (χ1n) is 7.60. The molecule has 130 valence electrons. The van der Waals surface area contributed by atoms with Crippen molar-refractivity contribution in [2.45, 2.75) is 36.8 Å². The molecule has 1 saturated heterocycles. The summed E-state index contributed by atoms with van der Waals surface area (Å²) >= 11 is 3.28. The summed E-state index contributed by atoms with van der Waals surface area (Å²) in [5, 5.41) is -0.429. The highest BCUT2D eigenvalue weighted by Gasteiger charge is 2.34. The number of nitrogens with zero attached hydrogens (tertiary/aromatic N) is 1. The van der Waals surface area contributed by atoms with Crippen LogP contribution in [0.4, 0.5) is 0 Å². The molecule has 0 bridgehead atoms. The van der Waals surface area contributed by atoms with Crippen LogP contribution in [0.15, 0.2) is 33.6 Å². The van der Waals surface area contributed by atoms with Gasteiger partial charge in [0.2, 0.25) is 10.0 Å². The average Bonchev–Trinajstić information content (AvgIpc) is 2.46. The van der Waals surface area contributed by atoms with Gasteiger partial charge in [-0.2, -0.15) is 4.31 Å². The van der Waals surface area contributed by atoms with Gasteiger partial charge in [0.15, 0.2) is 9.84 Å². The zero-order chi connectivity index (χ0) is 17.3. The fourth-order valence-electron chi connectivity index (χ4n) is 2.79. The number of sulfonamides is 1. The van der Waals surface area contributed by atoms with Gasteiger partial charge in [-0.1, -0.05) is 29.8 Å². The lowest BCUT2D eigenvalue weighted by Crippen LogP contribution is -2.43. The van der Waals surface area contributed by atoms with E-state index in [1.54, 1.807) is 24.3 Å². The summed E-state index contributed by atoms with van der Waals surface area (Å²) in [7, 11) is -6.70. The molecule has 8 heteroatoms. The van der Waals surface area contributed by atoms with Crippen molar-refractivity contribution in [3.05, 3.63) is 28.7 Å². The molecule has 0 atom stereocenters. The lowest BCUT2D eigenvalue weighted by Gasteiger charge is -2.31. The van der Waals surface area contributed by atoms with Gasteiger partial charge < -0.3 is 0 Å². The largest absolute Gasteiger partial charge is 0.243 e. The molecule has 1 aliphatic rings. The highest BCUT2D eigenvalue weighted by Crippen LogP contribution is 2.25. The molecule has 0 spiro atoms. The molecule has 1 aromatic carbocycles. The molecule has 1 heterocycles. The minimum atomic E-state index is -3.55. The summed E-state index contributed by atoms with van der Waals surface area (Å²) in [6, 6.07) is 6.49. The lowest BCUT2D eigenvalue weighted by molar-refractivity contribution is 0.345. The number of benzene rings is 1. The second-order valence-corrected chi connectivity index (χ2v) is 11.5. The Hall–Kier alpha value is -0.440. The highest BCUT2D eigenvalue weighted by atomic mass is 79.9. The molecule has 0 saturated carbocycles. The van der Waals surface area contributed by atoms with Crippen LogP contribution in [0.2, 0.25) is 0 Å². The molecule has 1 aliphatic heterocycles. The Morgan fingerprint density at radius 3 is 2.09 bits per heavy atom. The van der Waals surface area contributed by atoms with E-state index in [0.717, 1.165) is 4.47 Å². The quantitative estimate of drug-likeness (QED) is 0.729. The van der Waals surface area contributed by atoms with E-state index in [4.69, 9.17) is 0 Å². The molecule has 0 N–H and O–H groups in total. The van der Waals surface area contributed by atoms with Gasteiger partial charge in [-0.05, 0) is 43.0 Å². The van der Waals surface area contributed by atoms with Crippen molar-refractivity contribution in [1.29, 1.82) is 0 Å². The van der Waals surface area contributed by atoms with Gasteiger partial charge in [0.05, 0.1) is 15.9 Å². The zero-order valence-corrected chi connectivity index (χ0v) is 16.5. The van der Waals surface area contributed by atoms with E-state index in [9.17, 15) is 16.8 Å². The van der Waals surface area contributed by atoms with Gasteiger partial charge in [0, 0.05) is 17.6 Å². The molecule has 5 nitrogen and oxygen atoms in total. The molecular weight excluding hydrogens is 402 g/mol. The fraction of sp³-hybridized carbons (Fsp3) is 0.600.